The van der Waals surface area contributed by atoms with Gasteiger partial charge in [-0.05, 0) is 36.7 Å². The fraction of sp³-hybridized carbons (Fsp3) is 0.800. The lowest BCUT2D eigenvalue weighted by atomic mass is 9.43. The second-order valence-electron chi connectivity index (χ2n) is 9.72. The van der Waals surface area contributed by atoms with Crippen LogP contribution in [0.4, 0.5) is 0 Å². The Bertz CT molecular complexity index is 759. The van der Waals surface area contributed by atoms with Crippen LogP contribution in [0.3, 0.4) is 0 Å². The second-order valence-corrected chi connectivity index (χ2v) is 9.72. The van der Waals surface area contributed by atoms with Crippen LogP contribution in [0.1, 0.15) is 39.5 Å². The van der Waals surface area contributed by atoms with Gasteiger partial charge in [0, 0.05) is 17.8 Å². The number of cyclic esters (lactones) is 1. The molecule has 5 rings (SSSR count). The summed E-state index contributed by atoms with van der Waals surface area (Å²) in [5, 5.41) is 32.3. The van der Waals surface area contributed by atoms with Gasteiger partial charge in [0.2, 0.25) is 6.29 Å². The number of hydrogen-bond donors (Lipinski definition) is 3. The fourth-order valence-corrected chi connectivity index (χ4v) is 7.29. The molecule has 0 aromatic heterocycles. The number of ether oxygens (including phenoxy) is 2. The number of aliphatic hydroxyl groups is 3. The summed E-state index contributed by atoms with van der Waals surface area (Å²) in [6.45, 7) is 7.62. The molecule has 2 bridgehead atoms. The Kier molecular flexibility index (Phi) is 3.22. The predicted molar refractivity (Wildman–Crippen MR) is 90.7 cm³/mol. The van der Waals surface area contributed by atoms with Gasteiger partial charge in [0.1, 0.15) is 16.9 Å². The molecule has 0 unspecified atom stereocenters. The van der Waals surface area contributed by atoms with E-state index in [-0.39, 0.29) is 12.3 Å². The van der Waals surface area contributed by atoms with Gasteiger partial charge in [-0.3, -0.25) is 9.59 Å². The zero-order chi connectivity index (χ0) is 19.5. The van der Waals surface area contributed by atoms with Crippen molar-refractivity contribution in [3.05, 3.63) is 12.2 Å². The Balaban J connectivity index is 1.75. The molecule has 2 saturated heterocycles. The average molecular weight is 378 g/mol. The summed E-state index contributed by atoms with van der Waals surface area (Å²) in [6, 6.07) is 0. The molecule has 0 amide bonds. The molecule has 5 fully saturated rings. The molecule has 9 atom stereocenters. The maximum atomic E-state index is 13.2. The molecule has 5 aliphatic rings. The van der Waals surface area contributed by atoms with Gasteiger partial charge in [0.15, 0.2) is 0 Å². The summed E-state index contributed by atoms with van der Waals surface area (Å²) in [5.74, 6) is -2.30. The van der Waals surface area contributed by atoms with Gasteiger partial charge < -0.3 is 24.8 Å². The highest BCUT2D eigenvalue weighted by molar-refractivity contribution is 5.89. The zero-order valence-electron chi connectivity index (χ0n) is 15.6. The van der Waals surface area contributed by atoms with E-state index in [1.54, 1.807) is 0 Å². The van der Waals surface area contributed by atoms with E-state index >= 15 is 0 Å². The van der Waals surface area contributed by atoms with E-state index in [0.29, 0.717) is 18.4 Å². The van der Waals surface area contributed by atoms with Crippen molar-refractivity contribution in [3.8, 4) is 0 Å². The van der Waals surface area contributed by atoms with Crippen molar-refractivity contribution >= 4 is 11.9 Å². The van der Waals surface area contributed by atoms with Gasteiger partial charge in [-0.25, -0.2) is 0 Å². The van der Waals surface area contributed by atoms with Crippen LogP contribution < -0.4 is 0 Å². The molecule has 7 nitrogen and oxygen atoms in total. The third-order valence-electron chi connectivity index (χ3n) is 8.59. The molecule has 0 radical (unpaired) electrons. The van der Waals surface area contributed by atoms with E-state index in [9.17, 15) is 24.9 Å². The highest BCUT2D eigenvalue weighted by Gasteiger charge is 2.81. The third kappa shape index (κ3) is 1.67. The van der Waals surface area contributed by atoms with E-state index in [0.717, 1.165) is 6.42 Å². The van der Waals surface area contributed by atoms with Gasteiger partial charge in [-0.2, -0.15) is 0 Å². The summed E-state index contributed by atoms with van der Waals surface area (Å²) >= 11 is 0. The van der Waals surface area contributed by atoms with Gasteiger partial charge in [-0.15, -0.1) is 0 Å². The van der Waals surface area contributed by atoms with Crippen molar-refractivity contribution in [3.63, 3.8) is 0 Å². The van der Waals surface area contributed by atoms with Crippen molar-refractivity contribution in [2.45, 2.75) is 64.1 Å². The molecule has 0 aromatic carbocycles. The molecule has 3 N–H and O–H groups in total. The maximum Gasteiger partial charge on any atom is 0.319 e. The van der Waals surface area contributed by atoms with Crippen LogP contribution in [-0.2, 0) is 19.1 Å². The molecule has 2 aliphatic heterocycles. The van der Waals surface area contributed by atoms with Gasteiger partial charge >= 0.3 is 11.9 Å². The number of hydrogen-bond acceptors (Lipinski definition) is 7. The molecular weight excluding hydrogens is 352 g/mol. The summed E-state index contributed by atoms with van der Waals surface area (Å²) in [4.78, 5) is 26.4. The Hall–Kier alpha value is -1.44. The number of rotatable bonds is 0. The van der Waals surface area contributed by atoms with Crippen molar-refractivity contribution in [1.29, 1.82) is 0 Å². The Labute approximate surface area is 157 Å². The first kappa shape index (κ1) is 17.6. The predicted octanol–water partition coefficient (Wildman–Crippen LogP) is 0.514. The first-order valence-corrected chi connectivity index (χ1v) is 9.74. The quantitative estimate of drug-likeness (QED) is 0.416. The van der Waals surface area contributed by atoms with Gasteiger partial charge in [0.25, 0.3) is 0 Å². The van der Waals surface area contributed by atoms with Crippen molar-refractivity contribution in [2.24, 2.45) is 34.0 Å². The first-order valence-electron chi connectivity index (χ1n) is 9.74. The minimum atomic E-state index is -1.38. The Morgan fingerprint density at radius 2 is 1.78 bits per heavy atom. The monoisotopic (exact) mass is 378 g/mol. The summed E-state index contributed by atoms with van der Waals surface area (Å²) < 4.78 is 11.1. The van der Waals surface area contributed by atoms with Gasteiger partial charge in [-0.1, -0.05) is 20.4 Å². The molecule has 148 valence electrons. The highest BCUT2D eigenvalue weighted by atomic mass is 16.6. The van der Waals surface area contributed by atoms with E-state index in [1.807, 2.05) is 13.8 Å². The molecule has 0 aromatic rings. The smallest absolute Gasteiger partial charge is 0.319 e. The van der Waals surface area contributed by atoms with Crippen LogP contribution in [0.15, 0.2) is 12.2 Å². The van der Waals surface area contributed by atoms with E-state index < -0.39 is 64.6 Å². The van der Waals surface area contributed by atoms with Crippen molar-refractivity contribution in [2.75, 3.05) is 0 Å². The maximum absolute atomic E-state index is 13.2. The topological polar surface area (TPSA) is 113 Å². The number of fused-ring (bicyclic) bond motifs is 1. The number of carbonyl (C=O) groups excluding carboxylic acids is 2. The van der Waals surface area contributed by atoms with Crippen LogP contribution in [0.2, 0.25) is 0 Å². The second kappa shape index (κ2) is 4.93. The number of carbonyl (C=O) groups is 2. The van der Waals surface area contributed by atoms with E-state index in [4.69, 9.17) is 9.47 Å². The third-order valence-corrected chi connectivity index (χ3v) is 8.59. The Morgan fingerprint density at radius 1 is 1.07 bits per heavy atom. The van der Waals surface area contributed by atoms with Gasteiger partial charge in [0.05, 0.1) is 12.2 Å². The lowest BCUT2D eigenvalue weighted by Crippen LogP contribution is -2.71. The Morgan fingerprint density at radius 3 is 2.48 bits per heavy atom. The minimum absolute atomic E-state index is 0.0275. The normalized spacial score (nSPS) is 55.3. The van der Waals surface area contributed by atoms with E-state index in [1.165, 1.54) is 0 Å². The van der Waals surface area contributed by atoms with Crippen LogP contribution in [0.25, 0.3) is 0 Å². The molecular formula is C20H26O7. The molecule has 3 saturated carbocycles. The molecule has 2 heterocycles. The highest BCUT2D eigenvalue weighted by Crippen LogP contribution is 2.72. The molecule has 27 heavy (non-hydrogen) atoms. The largest absolute Gasteiger partial charge is 0.461 e. The first-order chi connectivity index (χ1) is 12.6. The summed E-state index contributed by atoms with van der Waals surface area (Å²) in [7, 11) is 0. The van der Waals surface area contributed by atoms with Crippen molar-refractivity contribution < 1.29 is 34.4 Å². The number of aliphatic hydroxyl groups excluding tert-OH is 3. The fourth-order valence-electron chi connectivity index (χ4n) is 7.29. The zero-order valence-corrected chi connectivity index (χ0v) is 15.6. The number of esters is 2. The standard InChI is InChI=1S/C20H26O7/c1-8-9-4-5-10-19(7-9,14(8)22)16(24)26-12-6-11(21)18(2,3)13-15(23)27-17(25)20(10,12)13/h9-15,21-23H,1,4-7H2,2-3H3/t9-,10-,11+,12+,13-,14-,15-,19+,20+/m1/s1. The van der Waals surface area contributed by atoms with Crippen LogP contribution in [0.5, 0.6) is 0 Å². The molecule has 3 aliphatic carbocycles. The summed E-state index contributed by atoms with van der Waals surface area (Å²) in [6.07, 6.45) is -2.37. The average Bonchev–Trinajstić information content (AvgIpc) is 2.97. The minimum Gasteiger partial charge on any atom is -0.461 e. The van der Waals surface area contributed by atoms with Crippen molar-refractivity contribution in [1.82, 2.24) is 0 Å². The van der Waals surface area contributed by atoms with Crippen LogP contribution in [0, 0.1) is 34.0 Å². The lowest BCUT2D eigenvalue weighted by Gasteiger charge is -2.61. The SMILES string of the molecule is C=C1[C@@H]2CC[C@@H]3[C@](C2)(C(=O)O[C@H]2C[C@H](O)C(C)(C)[C@H]4[C@H](O)OC(=O)[C@@]243)[C@@H]1O. The van der Waals surface area contributed by atoms with Crippen LogP contribution in [-0.4, -0.2) is 51.9 Å². The molecule has 2 spiro atoms. The lowest BCUT2D eigenvalue weighted by molar-refractivity contribution is -0.261. The molecule has 7 heteroatoms. The van der Waals surface area contributed by atoms with E-state index in [2.05, 4.69) is 6.58 Å². The summed E-state index contributed by atoms with van der Waals surface area (Å²) in [5.41, 5.74) is -2.67. The van der Waals surface area contributed by atoms with Crippen LogP contribution >= 0.6 is 0 Å².